The Morgan fingerprint density at radius 1 is 1.19 bits per heavy atom. The Balaban J connectivity index is 1.58. The van der Waals surface area contributed by atoms with Gasteiger partial charge >= 0.3 is 0 Å². The zero-order valence-electron chi connectivity index (χ0n) is 14.4. The molecule has 4 rings (SSSR count). The number of piperidine rings is 1. The molecule has 0 bridgehead atoms. The van der Waals surface area contributed by atoms with Crippen LogP contribution in [0.15, 0.2) is 36.4 Å². The van der Waals surface area contributed by atoms with Crippen LogP contribution in [0.5, 0.6) is 0 Å². The number of pyridine rings is 1. The van der Waals surface area contributed by atoms with Crippen LogP contribution >= 0.6 is 11.6 Å². The molecule has 6 nitrogen and oxygen atoms in total. The van der Waals surface area contributed by atoms with E-state index in [2.05, 4.69) is 19.6 Å². The highest BCUT2D eigenvalue weighted by Crippen LogP contribution is 2.29. The fourth-order valence-electron chi connectivity index (χ4n) is 3.30. The second-order valence-corrected chi connectivity index (χ2v) is 7.99. The van der Waals surface area contributed by atoms with E-state index >= 15 is 0 Å². The Morgan fingerprint density at radius 3 is 2.69 bits per heavy atom. The fourth-order valence-corrected chi connectivity index (χ4v) is 4.20. The first kappa shape index (κ1) is 17.5. The summed E-state index contributed by atoms with van der Waals surface area (Å²) in [5.74, 6) is 1.57. The van der Waals surface area contributed by atoms with Gasteiger partial charge in [0, 0.05) is 25.4 Å². The molecule has 0 radical (unpaired) electrons. The van der Waals surface area contributed by atoms with Gasteiger partial charge in [-0.3, -0.25) is 0 Å². The molecule has 0 amide bonds. The van der Waals surface area contributed by atoms with Crippen molar-refractivity contribution in [2.24, 2.45) is 0 Å². The molecule has 1 unspecified atom stereocenters. The van der Waals surface area contributed by atoms with Crippen molar-refractivity contribution < 1.29 is 4.21 Å². The number of imidazole rings is 1. The van der Waals surface area contributed by atoms with Crippen molar-refractivity contribution >= 4 is 39.4 Å². The fraction of sp³-hybridized carbons (Fsp3) is 0.333. The number of aromatic amines is 1. The topological polar surface area (TPSA) is 73.9 Å². The van der Waals surface area contributed by atoms with E-state index in [1.54, 1.807) is 6.26 Å². The number of rotatable bonds is 4. The third-order valence-corrected chi connectivity index (χ3v) is 5.57. The van der Waals surface area contributed by atoms with Gasteiger partial charge in [-0.1, -0.05) is 23.7 Å². The maximum Gasteiger partial charge on any atom is 0.158 e. The predicted octanol–water partition coefficient (Wildman–Crippen LogP) is 3.13. The Bertz CT molecular complexity index is 919. The molecule has 1 aliphatic rings. The molecule has 1 aromatic carbocycles. The minimum Gasteiger partial charge on any atom is -0.356 e. The van der Waals surface area contributed by atoms with Crippen LogP contribution < -0.4 is 9.62 Å². The number of nitrogens with zero attached hydrogens (tertiary/aromatic N) is 3. The van der Waals surface area contributed by atoms with Crippen molar-refractivity contribution in [3.8, 4) is 11.5 Å². The number of benzene rings is 1. The molecule has 2 aromatic heterocycles. The van der Waals surface area contributed by atoms with Crippen molar-refractivity contribution in [2.75, 3.05) is 24.2 Å². The Labute approximate surface area is 159 Å². The number of H-pyrrole nitrogens is 1. The molecule has 1 aliphatic heterocycles. The second kappa shape index (κ2) is 7.34. The van der Waals surface area contributed by atoms with Crippen LogP contribution in [-0.4, -0.2) is 44.5 Å². The number of para-hydroxylation sites is 2. The number of hydrogen-bond donors (Lipinski definition) is 2. The van der Waals surface area contributed by atoms with E-state index in [1.807, 2.05) is 36.4 Å². The van der Waals surface area contributed by atoms with Crippen LogP contribution in [-0.2, 0) is 11.0 Å². The highest BCUT2D eigenvalue weighted by molar-refractivity contribution is 7.82. The minimum absolute atomic E-state index is 0.291. The first-order chi connectivity index (χ1) is 12.6. The van der Waals surface area contributed by atoms with Gasteiger partial charge in [0.25, 0.3) is 0 Å². The molecule has 3 heterocycles. The molecule has 3 aromatic rings. The van der Waals surface area contributed by atoms with Crippen LogP contribution in [0.1, 0.15) is 12.8 Å². The SMILES string of the molecule is CS(=O)NC1CCN(c2ccc(Cl)c(-c3nc4ccccc4[nH]3)n2)CC1. The molecule has 0 saturated carbocycles. The van der Waals surface area contributed by atoms with Crippen molar-refractivity contribution in [1.82, 2.24) is 19.7 Å². The predicted molar refractivity (Wildman–Crippen MR) is 107 cm³/mol. The first-order valence-electron chi connectivity index (χ1n) is 8.56. The number of hydrogen-bond acceptors (Lipinski definition) is 4. The van der Waals surface area contributed by atoms with E-state index in [0.29, 0.717) is 22.6 Å². The molecule has 1 saturated heterocycles. The van der Waals surface area contributed by atoms with Crippen molar-refractivity contribution in [3.05, 3.63) is 41.4 Å². The summed E-state index contributed by atoms with van der Waals surface area (Å²) >= 11 is 6.39. The number of aromatic nitrogens is 3. The summed E-state index contributed by atoms with van der Waals surface area (Å²) in [6.07, 6.45) is 3.54. The van der Waals surface area contributed by atoms with E-state index in [-0.39, 0.29) is 0 Å². The third kappa shape index (κ3) is 3.60. The average Bonchev–Trinajstić information content (AvgIpc) is 3.06. The van der Waals surface area contributed by atoms with Gasteiger partial charge in [0.05, 0.1) is 27.0 Å². The third-order valence-electron chi connectivity index (χ3n) is 4.60. The number of halogens is 1. The van der Waals surface area contributed by atoms with Crippen LogP contribution in [0, 0.1) is 0 Å². The normalized spacial score (nSPS) is 16.9. The second-order valence-electron chi connectivity index (χ2n) is 6.44. The van der Waals surface area contributed by atoms with Gasteiger partial charge in [0.1, 0.15) is 11.5 Å². The van der Waals surface area contributed by atoms with Crippen LogP contribution in [0.25, 0.3) is 22.6 Å². The van der Waals surface area contributed by atoms with Gasteiger partial charge in [-0.2, -0.15) is 0 Å². The van der Waals surface area contributed by atoms with Gasteiger partial charge in [0.15, 0.2) is 5.82 Å². The molecule has 1 fully saturated rings. The molecule has 0 aliphatic carbocycles. The zero-order valence-corrected chi connectivity index (χ0v) is 16.0. The smallest absolute Gasteiger partial charge is 0.158 e. The quantitative estimate of drug-likeness (QED) is 0.719. The van der Waals surface area contributed by atoms with Gasteiger partial charge in [-0.15, -0.1) is 0 Å². The average molecular weight is 390 g/mol. The molecule has 8 heteroatoms. The van der Waals surface area contributed by atoms with Crippen molar-refractivity contribution in [3.63, 3.8) is 0 Å². The van der Waals surface area contributed by atoms with E-state index in [0.717, 1.165) is 42.8 Å². The zero-order chi connectivity index (χ0) is 18.1. The molecule has 1 atom stereocenters. The Morgan fingerprint density at radius 2 is 1.96 bits per heavy atom. The lowest BCUT2D eigenvalue weighted by Gasteiger charge is -2.32. The van der Waals surface area contributed by atoms with Crippen molar-refractivity contribution in [1.29, 1.82) is 0 Å². The number of fused-ring (bicyclic) bond motifs is 1. The maximum atomic E-state index is 11.3. The summed E-state index contributed by atoms with van der Waals surface area (Å²) in [7, 11) is -0.972. The van der Waals surface area contributed by atoms with Gasteiger partial charge in [0.2, 0.25) is 0 Å². The van der Waals surface area contributed by atoms with E-state index in [9.17, 15) is 4.21 Å². The summed E-state index contributed by atoms with van der Waals surface area (Å²) in [5, 5.41) is 0.575. The van der Waals surface area contributed by atoms with Gasteiger partial charge in [-0.25, -0.2) is 18.9 Å². The lowest BCUT2D eigenvalue weighted by molar-refractivity contribution is 0.471. The van der Waals surface area contributed by atoms with Gasteiger partial charge < -0.3 is 9.88 Å². The first-order valence-corrected chi connectivity index (χ1v) is 10.5. The van der Waals surface area contributed by atoms with Crippen molar-refractivity contribution in [2.45, 2.75) is 18.9 Å². The summed E-state index contributed by atoms with van der Waals surface area (Å²) < 4.78 is 14.4. The van der Waals surface area contributed by atoms with E-state index < -0.39 is 11.0 Å². The molecule has 2 N–H and O–H groups in total. The molecule has 136 valence electrons. The van der Waals surface area contributed by atoms with Gasteiger partial charge in [-0.05, 0) is 37.1 Å². The highest BCUT2D eigenvalue weighted by atomic mass is 35.5. The number of nitrogens with one attached hydrogen (secondary N) is 2. The Kier molecular flexibility index (Phi) is 4.93. The molecular weight excluding hydrogens is 370 g/mol. The molecule has 0 spiro atoms. The monoisotopic (exact) mass is 389 g/mol. The number of anilines is 1. The lowest BCUT2D eigenvalue weighted by Crippen LogP contribution is -2.43. The maximum absolute atomic E-state index is 11.3. The minimum atomic E-state index is -0.972. The lowest BCUT2D eigenvalue weighted by atomic mass is 10.1. The van der Waals surface area contributed by atoms with Crippen LogP contribution in [0.4, 0.5) is 5.82 Å². The highest BCUT2D eigenvalue weighted by Gasteiger charge is 2.22. The summed E-state index contributed by atoms with van der Waals surface area (Å²) in [6.45, 7) is 1.73. The molecular formula is C18H20ClN5OS. The summed E-state index contributed by atoms with van der Waals surface area (Å²) in [4.78, 5) is 14.9. The van der Waals surface area contributed by atoms with Crippen LogP contribution in [0.2, 0.25) is 5.02 Å². The van der Waals surface area contributed by atoms with E-state index in [4.69, 9.17) is 16.6 Å². The van der Waals surface area contributed by atoms with E-state index in [1.165, 1.54) is 0 Å². The Hall–Kier alpha value is -1.96. The largest absolute Gasteiger partial charge is 0.356 e. The van der Waals surface area contributed by atoms with Crippen LogP contribution in [0.3, 0.4) is 0 Å². The standard InChI is InChI=1S/C18H20ClN5OS/c1-26(25)23-12-8-10-24(11-9-12)16-7-6-13(19)17(22-16)18-20-14-4-2-3-5-15(14)21-18/h2-7,12,23H,8-11H2,1H3,(H,20,21). The summed E-state index contributed by atoms with van der Waals surface area (Å²) in [5.41, 5.74) is 2.52. The molecule has 26 heavy (non-hydrogen) atoms. The summed E-state index contributed by atoms with van der Waals surface area (Å²) in [6, 6.07) is 12.0.